The van der Waals surface area contributed by atoms with E-state index in [1.165, 1.54) is 13.0 Å². The molecule has 4 heterocycles. The standard InChI is InChI=1S/C17H17N3O2/c1-2-14-6-12-8-18-15(7-16(12)22-14)17(21)19-13-5-11-3-4-20(9-11)10-13/h1,6-8,11,13H,3-5,9-10H2,(H,19,21). The van der Waals surface area contributed by atoms with Crippen LogP contribution in [0.25, 0.3) is 11.0 Å². The number of rotatable bonds is 2. The number of nitrogens with one attached hydrogen (secondary N) is 1. The number of carbonyl (C=O) groups excluding carboxylic acids is 1. The summed E-state index contributed by atoms with van der Waals surface area (Å²) in [6.45, 7) is 3.27. The summed E-state index contributed by atoms with van der Waals surface area (Å²) in [7, 11) is 0. The van der Waals surface area contributed by atoms with Gasteiger partial charge in [0.2, 0.25) is 0 Å². The Balaban J connectivity index is 1.51. The molecule has 0 aromatic carbocycles. The molecule has 4 rings (SSSR count). The van der Waals surface area contributed by atoms with Crippen LogP contribution in [0.15, 0.2) is 22.7 Å². The molecule has 2 aliphatic rings. The van der Waals surface area contributed by atoms with E-state index in [0.717, 1.165) is 30.8 Å². The predicted molar refractivity (Wildman–Crippen MR) is 82.4 cm³/mol. The van der Waals surface area contributed by atoms with Crippen molar-refractivity contribution in [3.05, 3.63) is 29.8 Å². The lowest BCUT2D eigenvalue weighted by Crippen LogP contribution is -2.47. The van der Waals surface area contributed by atoms with Gasteiger partial charge in [-0.05, 0) is 31.2 Å². The van der Waals surface area contributed by atoms with Crippen LogP contribution in [-0.2, 0) is 0 Å². The lowest BCUT2D eigenvalue weighted by molar-refractivity contribution is 0.0904. The number of piperidine rings is 1. The maximum atomic E-state index is 12.4. The Morgan fingerprint density at radius 2 is 2.36 bits per heavy atom. The monoisotopic (exact) mass is 295 g/mol. The van der Waals surface area contributed by atoms with Crippen LogP contribution in [0.4, 0.5) is 0 Å². The third-order valence-corrected chi connectivity index (χ3v) is 4.58. The van der Waals surface area contributed by atoms with Gasteiger partial charge >= 0.3 is 0 Å². The summed E-state index contributed by atoms with van der Waals surface area (Å²) in [5, 5.41) is 3.91. The lowest BCUT2D eigenvalue weighted by atomic mass is 9.97. The zero-order valence-electron chi connectivity index (χ0n) is 12.2. The Morgan fingerprint density at radius 3 is 3.18 bits per heavy atom. The molecule has 5 heteroatoms. The van der Waals surface area contributed by atoms with Crippen LogP contribution >= 0.6 is 0 Å². The summed E-state index contributed by atoms with van der Waals surface area (Å²) in [4.78, 5) is 19.0. The Labute approximate surface area is 128 Å². The molecule has 1 N–H and O–H groups in total. The second-order valence-electron chi connectivity index (χ2n) is 6.18. The molecule has 2 aliphatic heterocycles. The van der Waals surface area contributed by atoms with E-state index in [1.807, 2.05) is 0 Å². The van der Waals surface area contributed by atoms with E-state index >= 15 is 0 Å². The van der Waals surface area contributed by atoms with Crippen molar-refractivity contribution in [3.63, 3.8) is 0 Å². The molecule has 5 nitrogen and oxygen atoms in total. The molecule has 2 aromatic rings. The van der Waals surface area contributed by atoms with E-state index in [0.29, 0.717) is 17.0 Å². The summed E-state index contributed by atoms with van der Waals surface area (Å²) < 4.78 is 5.48. The van der Waals surface area contributed by atoms with Crippen LogP contribution in [0, 0.1) is 18.3 Å². The predicted octanol–water partition coefficient (Wildman–Crippen LogP) is 1.63. The van der Waals surface area contributed by atoms with Crippen molar-refractivity contribution in [1.82, 2.24) is 15.2 Å². The molecule has 0 radical (unpaired) electrons. The smallest absolute Gasteiger partial charge is 0.270 e. The summed E-state index contributed by atoms with van der Waals surface area (Å²) in [6.07, 6.45) is 9.26. The maximum Gasteiger partial charge on any atom is 0.270 e. The number of furan rings is 1. The average Bonchev–Trinajstić information content (AvgIpc) is 3.09. The highest BCUT2D eigenvalue weighted by Crippen LogP contribution is 2.27. The van der Waals surface area contributed by atoms with E-state index in [2.05, 4.69) is 21.1 Å². The Kier molecular flexibility index (Phi) is 3.12. The quantitative estimate of drug-likeness (QED) is 0.856. The average molecular weight is 295 g/mol. The first kappa shape index (κ1) is 13.4. The Bertz CT molecular complexity index is 762. The van der Waals surface area contributed by atoms with Crippen molar-refractivity contribution in [3.8, 4) is 12.3 Å². The molecule has 2 fully saturated rings. The van der Waals surface area contributed by atoms with Gasteiger partial charge in [-0.25, -0.2) is 0 Å². The Morgan fingerprint density at radius 1 is 1.45 bits per heavy atom. The van der Waals surface area contributed by atoms with Crippen LogP contribution < -0.4 is 5.32 Å². The van der Waals surface area contributed by atoms with Crippen LogP contribution in [-0.4, -0.2) is 41.5 Å². The van der Waals surface area contributed by atoms with Gasteiger partial charge in [-0.3, -0.25) is 9.78 Å². The first-order chi connectivity index (χ1) is 10.7. The summed E-state index contributed by atoms with van der Waals surface area (Å²) in [6, 6.07) is 3.61. The number of pyridine rings is 1. The van der Waals surface area contributed by atoms with Crippen molar-refractivity contribution in [2.24, 2.45) is 5.92 Å². The minimum absolute atomic E-state index is 0.145. The molecule has 0 saturated carbocycles. The molecular formula is C17H17N3O2. The van der Waals surface area contributed by atoms with Crippen molar-refractivity contribution in [1.29, 1.82) is 0 Å². The number of amides is 1. The third kappa shape index (κ3) is 2.36. The summed E-state index contributed by atoms with van der Waals surface area (Å²) in [5.74, 6) is 3.47. The molecule has 0 spiro atoms. The summed E-state index contributed by atoms with van der Waals surface area (Å²) in [5.41, 5.74) is 0.971. The van der Waals surface area contributed by atoms with Gasteiger partial charge in [0, 0.05) is 42.8 Å². The zero-order chi connectivity index (χ0) is 15.1. The molecule has 0 aliphatic carbocycles. The van der Waals surface area contributed by atoms with Crippen molar-refractivity contribution in [2.75, 3.05) is 19.6 Å². The highest BCUT2D eigenvalue weighted by molar-refractivity contribution is 5.95. The molecule has 3 atom stereocenters. The minimum Gasteiger partial charge on any atom is -0.448 e. The first-order valence-electron chi connectivity index (χ1n) is 7.60. The van der Waals surface area contributed by atoms with E-state index in [1.54, 1.807) is 18.3 Å². The molecule has 2 saturated heterocycles. The van der Waals surface area contributed by atoms with Gasteiger partial charge in [0.1, 0.15) is 11.3 Å². The number of fused-ring (bicyclic) bond motifs is 3. The van der Waals surface area contributed by atoms with Gasteiger partial charge in [0.25, 0.3) is 5.91 Å². The number of nitrogens with zero attached hydrogens (tertiary/aromatic N) is 2. The normalized spacial score (nSPS) is 26.8. The van der Waals surface area contributed by atoms with Crippen molar-refractivity contribution < 1.29 is 9.21 Å². The van der Waals surface area contributed by atoms with Gasteiger partial charge in [-0.15, -0.1) is 6.42 Å². The molecule has 2 aromatic heterocycles. The fourth-order valence-electron chi connectivity index (χ4n) is 3.55. The van der Waals surface area contributed by atoms with E-state index in [4.69, 9.17) is 10.8 Å². The van der Waals surface area contributed by atoms with Gasteiger partial charge in [0.15, 0.2) is 5.76 Å². The number of aromatic nitrogens is 1. The molecule has 22 heavy (non-hydrogen) atoms. The second-order valence-corrected chi connectivity index (χ2v) is 6.18. The largest absolute Gasteiger partial charge is 0.448 e. The highest BCUT2D eigenvalue weighted by Gasteiger charge is 2.33. The molecule has 3 unspecified atom stereocenters. The number of hydrogen-bond acceptors (Lipinski definition) is 4. The SMILES string of the molecule is C#Cc1cc2cnc(C(=O)NC3CC4CCN(C4)C3)cc2o1. The van der Waals surface area contributed by atoms with Crippen LogP contribution in [0.3, 0.4) is 0 Å². The number of hydrogen-bond donors (Lipinski definition) is 1. The van der Waals surface area contributed by atoms with Crippen molar-refractivity contribution >= 4 is 16.9 Å². The third-order valence-electron chi connectivity index (χ3n) is 4.58. The highest BCUT2D eigenvalue weighted by atomic mass is 16.3. The molecule has 2 bridgehead atoms. The molecular weight excluding hydrogens is 278 g/mol. The second kappa shape index (κ2) is 5.15. The Hall–Kier alpha value is -2.32. The van der Waals surface area contributed by atoms with E-state index in [-0.39, 0.29) is 11.9 Å². The fraction of sp³-hybridized carbons (Fsp3) is 0.412. The van der Waals surface area contributed by atoms with Gasteiger partial charge in [-0.2, -0.15) is 0 Å². The van der Waals surface area contributed by atoms with Crippen molar-refractivity contribution in [2.45, 2.75) is 18.9 Å². The van der Waals surface area contributed by atoms with E-state index in [9.17, 15) is 4.79 Å². The molecule has 112 valence electrons. The number of carbonyl (C=O) groups is 1. The summed E-state index contributed by atoms with van der Waals surface area (Å²) >= 11 is 0. The lowest BCUT2D eigenvalue weighted by Gasteiger charge is -2.30. The van der Waals surface area contributed by atoms with Gasteiger partial charge in [0.05, 0.1) is 0 Å². The number of terminal acetylenes is 1. The van der Waals surface area contributed by atoms with Gasteiger partial charge in [-0.1, -0.05) is 0 Å². The zero-order valence-corrected chi connectivity index (χ0v) is 12.2. The van der Waals surface area contributed by atoms with E-state index < -0.39 is 0 Å². The van der Waals surface area contributed by atoms with Crippen LogP contribution in [0.2, 0.25) is 0 Å². The van der Waals surface area contributed by atoms with Crippen LogP contribution in [0.1, 0.15) is 29.1 Å². The van der Waals surface area contributed by atoms with Gasteiger partial charge < -0.3 is 14.6 Å². The topological polar surface area (TPSA) is 58.4 Å². The van der Waals surface area contributed by atoms with Crippen LogP contribution in [0.5, 0.6) is 0 Å². The minimum atomic E-state index is -0.145. The maximum absolute atomic E-state index is 12.4. The molecule has 1 amide bonds. The fourth-order valence-corrected chi connectivity index (χ4v) is 3.55. The first-order valence-corrected chi connectivity index (χ1v) is 7.60.